The number of amides is 2. The summed E-state index contributed by atoms with van der Waals surface area (Å²) in [7, 11) is 0. The predicted octanol–water partition coefficient (Wildman–Crippen LogP) is 5.02. The number of nitrogens with one attached hydrogen (secondary N) is 2. The van der Waals surface area contributed by atoms with Crippen LogP contribution in [-0.2, 0) is 16.1 Å². The van der Waals surface area contributed by atoms with E-state index in [1.165, 1.54) is 54.5 Å². The number of carbonyl (C=O) groups is 2. The van der Waals surface area contributed by atoms with Crippen molar-refractivity contribution in [1.82, 2.24) is 15.5 Å². The number of nitrogens with zero attached hydrogens (tertiary/aromatic N) is 2. The topological polar surface area (TPSA) is 84.0 Å². The van der Waals surface area contributed by atoms with Crippen LogP contribution in [0, 0.1) is 17.7 Å². The van der Waals surface area contributed by atoms with Gasteiger partial charge in [-0.25, -0.2) is 4.39 Å². The second kappa shape index (κ2) is 12.1. The van der Waals surface area contributed by atoms with Gasteiger partial charge in [0.2, 0.25) is 16.9 Å². The molecule has 0 bridgehead atoms. The molecule has 2 aromatic rings. The first-order valence-corrected chi connectivity index (χ1v) is 12.6. The van der Waals surface area contributed by atoms with E-state index in [9.17, 15) is 14.0 Å². The van der Waals surface area contributed by atoms with Gasteiger partial charge in [0.25, 0.3) is 0 Å². The molecule has 1 fully saturated rings. The summed E-state index contributed by atoms with van der Waals surface area (Å²) in [6.07, 6.45) is 7.92. The summed E-state index contributed by atoms with van der Waals surface area (Å²) in [5.41, 5.74) is 0.833. The first-order chi connectivity index (χ1) is 15.0. The molecule has 1 saturated carbocycles. The van der Waals surface area contributed by atoms with Crippen molar-refractivity contribution >= 4 is 40.0 Å². The molecule has 2 N–H and O–H groups in total. The summed E-state index contributed by atoms with van der Waals surface area (Å²) in [6, 6.07) is 6.01. The van der Waals surface area contributed by atoms with E-state index in [1.807, 2.05) is 0 Å². The zero-order chi connectivity index (χ0) is 22.1. The van der Waals surface area contributed by atoms with Crippen LogP contribution in [0.5, 0.6) is 0 Å². The molecular weight excluding hydrogens is 435 g/mol. The Kier molecular flexibility index (Phi) is 9.27. The van der Waals surface area contributed by atoms with Gasteiger partial charge in [-0.1, -0.05) is 61.4 Å². The third-order valence-electron chi connectivity index (χ3n) is 5.55. The molecule has 1 heterocycles. The quantitative estimate of drug-likeness (QED) is 0.381. The van der Waals surface area contributed by atoms with Crippen LogP contribution in [0.15, 0.2) is 28.6 Å². The Morgan fingerprint density at radius 1 is 1.16 bits per heavy atom. The van der Waals surface area contributed by atoms with Crippen molar-refractivity contribution in [2.24, 2.45) is 11.8 Å². The lowest BCUT2D eigenvalue weighted by Crippen LogP contribution is -2.27. The van der Waals surface area contributed by atoms with Gasteiger partial charge in [-0.2, -0.15) is 0 Å². The number of aromatic nitrogens is 2. The SMILES string of the molecule is CCCCC1CCC(C(=O)Nc2nnc(SCC(=O)NCc3ccc(F)cc3)s2)CC1. The van der Waals surface area contributed by atoms with E-state index in [2.05, 4.69) is 27.8 Å². The van der Waals surface area contributed by atoms with Crippen LogP contribution in [0.1, 0.15) is 57.4 Å². The average molecular weight is 465 g/mol. The van der Waals surface area contributed by atoms with Crippen LogP contribution in [0.4, 0.5) is 9.52 Å². The standard InChI is InChI=1S/C22H29FN4O2S2/c1-2-3-4-15-5-9-17(10-6-15)20(29)25-21-26-27-22(31-21)30-14-19(28)24-13-16-7-11-18(23)12-8-16/h7-8,11-12,15,17H,2-6,9-10,13-14H2,1H3,(H,24,28)(H,25,26,29). The Morgan fingerprint density at radius 3 is 2.61 bits per heavy atom. The molecule has 0 unspecified atom stereocenters. The van der Waals surface area contributed by atoms with E-state index in [0.717, 1.165) is 37.2 Å². The summed E-state index contributed by atoms with van der Waals surface area (Å²) < 4.78 is 13.5. The van der Waals surface area contributed by atoms with Gasteiger partial charge in [0.05, 0.1) is 5.75 Å². The van der Waals surface area contributed by atoms with Crippen LogP contribution < -0.4 is 10.6 Å². The summed E-state index contributed by atoms with van der Waals surface area (Å²) in [5.74, 6) is 0.599. The highest BCUT2D eigenvalue weighted by atomic mass is 32.2. The predicted molar refractivity (Wildman–Crippen MR) is 122 cm³/mol. The molecule has 3 rings (SSSR count). The van der Waals surface area contributed by atoms with Gasteiger partial charge in [-0.3, -0.25) is 9.59 Å². The molecular formula is C22H29FN4O2S2. The van der Waals surface area contributed by atoms with E-state index in [4.69, 9.17) is 0 Å². The molecule has 9 heteroatoms. The smallest absolute Gasteiger partial charge is 0.230 e. The van der Waals surface area contributed by atoms with Crippen molar-refractivity contribution in [3.63, 3.8) is 0 Å². The molecule has 1 aromatic carbocycles. The van der Waals surface area contributed by atoms with Crippen molar-refractivity contribution in [3.05, 3.63) is 35.6 Å². The van der Waals surface area contributed by atoms with Crippen LogP contribution >= 0.6 is 23.1 Å². The van der Waals surface area contributed by atoms with E-state index in [0.29, 0.717) is 16.0 Å². The molecule has 0 aliphatic heterocycles. The van der Waals surface area contributed by atoms with E-state index >= 15 is 0 Å². The van der Waals surface area contributed by atoms with Gasteiger partial charge >= 0.3 is 0 Å². The Bertz CT molecular complexity index is 851. The molecule has 31 heavy (non-hydrogen) atoms. The minimum atomic E-state index is -0.301. The third kappa shape index (κ3) is 7.88. The van der Waals surface area contributed by atoms with Crippen molar-refractivity contribution in [2.75, 3.05) is 11.1 Å². The summed E-state index contributed by atoms with van der Waals surface area (Å²) >= 11 is 2.56. The summed E-state index contributed by atoms with van der Waals surface area (Å²) in [4.78, 5) is 24.6. The second-order valence-corrected chi connectivity index (χ2v) is 10.1. The highest BCUT2D eigenvalue weighted by Gasteiger charge is 2.26. The molecule has 6 nitrogen and oxygen atoms in total. The fourth-order valence-electron chi connectivity index (χ4n) is 3.71. The number of hydrogen-bond donors (Lipinski definition) is 2. The number of rotatable bonds is 10. The minimum absolute atomic E-state index is 0.0266. The van der Waals surface area contributed by atoms with E-state index in [1.54, 1.807) is 12.1 Å². The number of unbranched alkanes of at least 4 members (excludes halogenated alkanes) is 1. The van der Waals surface area contributed by atoms with Gasteiger partial charge < -0.3 is 10.6 Å². The highest BCUT2D eigenvalue weighted by Crippen LogP contribution is 2.33. The van der Waals surface area contributed by atoms with Gasteiger partial charge in [0.1, 0.15) is 5.82 Å². The fraction of sp³-hybridized carbons (Fsp3) is 0.545. The Labute approximate surface area is 190 Å². The Hall–Kier alpha value is -2.00. The first kappa shape index (κ1) is 23.7. The van der Waals surface area contributed by atoms with Crippen molar-refractivity contribution in [3.8, 4) is 0 Å². The second-order valence-electron chi connectivity index (χ2n) is 7.91. The first-order valence-electron chi connectivity index (χ1n) is 10.8. The number of carbonyl (C=O) groups excluding carboxylic acids is 2. The normalized spacial score (nSPS) is 18.5. The molecule has 1 aliphatic carbocycles. The molecule has 2 amide bonds. The van der Waals surface area contributed by atoms with Crippen molar-refractivity contribution in [1.29, 1.82) is 0 Å². The largest absolute Gasteiger partial charge is 0.351 e. The molecule has 1 aromatic heterocycles. The van der Waals surface area contributed by atoms with Crippen molar-refractivity contribution < 1.29 is 14.0 Å². The number of thioether (sulfide) groups is 1. The van der Waals surface area contributed by atoms with Gasteiger partial charge in [0.15, 0.2) is 4.34 Å². The fourth-order valence-corrected chi connectivity index (χ4v) is 5.30. The van der Waals surface area contributed by atoms with Crippen LogP contribution in [0.25, 0.3) is 0 Å². The maximum Gasteiger partial charge on any atom is 0.230 e. The summed E-state index contributed by atoms with van der Waals surface area (Å²) in [5, 5.41) is 14.3. The van der Waals surface area contributed by atoms with Gasteiger partial charge in [-0.05, 0) is 49.3 Å². The van der Waals surface area contributed by atoms with E-state index < -0.39 is 0 Å². The lowest BCUT2D eigenvalue weighted by molar-refractivity contribution is -0.121. The van der Waals surface area contributed by atoms with Crippen LogP contribution in [0.3, 0.4) is 0 Å². The highest BCUT2D eigenvalue weighted by molar-refractivity contribution is 8.01. The number of anilines is 1. The molecule has 0 saturated heterocycles. The molecule has 0 atom stereocenters. The summed E-state index contributed by atoms with van der Waals surface area (Å²) in [6.45, 7) is 2.56. The average Bonchev–Trinajstić information content (AvgIpc) is 3.23. The lowest BCUT2D eigenvalue weighted by atomic mass is 9.79. The Balaban J connectivity index is 1.36. The maximum atomic E-state index is 12.9. The van der Waals surface area contributed by atoms with Crippen molar-refractivity contribution in [2.45, 2.75) is 62.8 Å². The molecule has 168 valence electrons. The minimum Gasteiger partial charge on any atom is -0.351 e. The third-order valence-corrected chi connectivity index (χ3v) is 7.52. The Morgan fingerprint density at radius 2 is 1.90 bits per heavy atom. The van der Waals surface area contributed by atoms with Gasteiger partial charge in [0, 0.05) is 12.5 Å². The number of halogens is 1. The monoisotopic (exact) mass is 464 g/mol. The van der Waals surface area contributed by atoms with Crippen LogP contribution in [0.2, 0.25) is 0 Å². The molecule has 0 radical (unpaired) electrons. The molecule has 0 spiro atoms. The number of benzene rings is 1. The zero-order valence-electron chi connectivity index (χ0n) is 17.7. The van der Waals surface area contributed by atoms with Crippen LogP contribution in [-0.4, -0.2) is 27.8 Å². The number of hydrogen-bond acceptors (Lipinski definition) is 6. The maximum absolute atomic E-state index is 12.9. The molecule has 1 aliphatic rings. The van der Waals surface area contributed by atoms with E-state index in [-0.39, 0.29) is 29.3 Å². The zero-order valence-corrected chi connectivity index (χ0v) is 19.4. The lowest BCUT2D eigenvalue weighted by Gasteiger charge is -2.27. The van der Waals surface area contributed by atoms with Gasteiger partial charge in [-0.15, -0.1) is 10.2 Å².